The first-order valence-corrected chi connectivity index (χ1v) is 8.34. The van der Waals surface area contributed by atoms with Gasteiger partial charge in [-0.1, -0.05) is 11.6 Å². The average molecular weight is 317 g/mol. The third kappa shape index (κ3) is 2.76. The van der Waals surface area contributed by atoms with Gasteiger partial charge in [-0.2, -0.15) is 0 Å². The number of rotatable bonds is 3. The van der Waals surface area contributed by atoms with Gasteiger partial charge in [0.25, 0.3) is 0 Å². The van der Waals surface area contributed by atoms with Gasteiger partial charge in [0.15, 0.2) is 9.84 Å². The van der Waals surface area contributed by atoms with Crippen LogP contribution in [0.2, 0.25) is 5.02 Å². The van der Waals surface area contributed by atoms with Crippen molar-refractivity contribution in [1.29, 1.82) is 0 Å². The van der Waals surface area contributed by atoms with Crippen molar-refractivity contribution in [3.05, 3.63) is 23.2 Å². The summed E-state index contributed by atoms with van der Waals surface area (Å²) in [7, 11) is -3.83. The topological polar surface area (TPSA) is 80.5 Å². The van der Waals surface area contributed by atoms with Crippen LogP contribution in [0.25, 0.3) is 0 Å². The summed E-state index contributed by atoms with van der Waals surface area (Å²) in [5, 5.41) is -1.07. The first-order chi connectivity index (χ1) is 9.34. The summed E-state index contributed by atoms with van der Waals surface area (Å²) in [5.41, 5.74) is 5.90. The SMILES string of the molecule is CC(C(=O)N1CCCC1)S(=O)(=O)c1cc(N)ccc1Cl. The lowest BCUT2D eigenvalue weighted by atomic mass is 10.3. The van der Waals surface area contributed by atoms with Gasteiger partial charge >= 0.3 is 0 Å². The Labute approximate surface area is 123 Å². The van der Waals surface area contributed by atoms with E-state index >= 15 is 0 Å². The fourth-order valence-electron chi connectivity index (χ4n) is 2.26. The van der Waals surface area contributed by atoms with Crippen molar-refractivity contribution in [2.75, 3.05) is 18.8 Å². The molecule has 0 bridgehead atoms. The molecule has 0 spiro atoms. The van der Waals surface area contributed by atoms with Crippen molar-refractivity contribution in [2.45, 2.75) is 29.9 Å². The highest BCUT2D eigenvalue weighted by Crippen LogP contribution is 2.28. The molecular formula is C13H17ClN2O3S. The summed E-state index contributed by atoms with van der Waals surface area (Å²) >= 11 is 5.93. The number of likely N-dealkylation sites (tertiary alicyclic amines) is 1. The number of nitrogens with zero attached hydrogens (tertiary/aromatic N) is 1. The van der Waals surface area contributed by atoms with E-state index < -0.39 is 15.1 Å². The van der Waals surface area contributed by atoms with Crippen LogP contribution < -0.4 is 5.73 Å². The van der Waals surface area contributed by atoms with Crippen LogP contribution in [0, 0.1) is 0 Å². The Morgan fingerprint density at radius 1 is 1.35 bits per heavy atom. The quantitative estimate of drug-likeness (QED) is 0.861. The number of carbonyl (C=O) groups is 1. The van der Waals surface area contributed by atoms with E-state index in [9.17, 15) is 13.2 Å². The maximum atomic E-state index is 12.5. The highest BCUT2D eigenvalue weighted by molar-refractivity contribution is 7.92. The second-order valence-corrected chi connectivity index (χ2v) is 7.55. The van der Waals surface area contributed by atoms with Crippen molar-refractivity contribution in [2.24, 2.45) is 0 Å². The Morgan fingerprint density at radius 3 is 2.55 bits per heavy atom. The largest absolute Gasteiger partial charge is 0.399 e. The van der Waals surface area contributed by atoms with Crippen molar-refractivity contribution in [1.82, 2.24) is 4.90 Å². The van der Waals surface area contributed by atoms with Gasteiger partial charge < -0.3 is 10.6 Å². The number of nitrogen functional groups attached to an aromatic ring is 1. The van der Waals surface area contributed by atoms with Crippen molar-refractivity contribution < 1.29 is 13.2 Å². The average Bonchev–Trinajstić information content (AvgIpc) is 2.93. The number of carbonyl (C=O) groups excluding carboxylic acids is 1. The van der Waals surface area contributed by atoms with Crippen LogP contribution in [0.3, 0.4) is 0 Å². The minimum atomic E-state index is -3.83. The molecule has 5 nitrogen and oxygen atoms in total. The molecule has 0 saturated carbocycles. The highest BCUT2D eigenvalue weighted by Gasteiger charge is 2.35. The molecule has 2 N–H and O–H groups in total. The molecule has 0 radical (unpaired) electrons. The zero-order chi connectivity index (χ0) is 14.9. The molecule has 0 aromatic heterocycles. The number of halogens is 1. The number of nitrogens with two attached hydrogens (primary N) is 1. The first kappa shape index (κ1) is 15.1. The third-order valence-electron chi connectivity index (χ3n) is 3.49. The third-order valence-corrected chi connectivity index (χ3v) is 6.02. The number of hydrogen-bond acceptors (Lipinski definition) is 4. The lowest BCUT2D eigenvalue weighted by Gasteiger charge is -2.21. The molecule has 2 rings (SSSR count). The zero-order valence-corrected chi connectivity index (χ0v) is 12.7. The molecule has 1 aromatic carbocycles. The second-order valence-electron chi connectivity index (χ2n) is 4.91. The van der Waals surface area contributed by atoms with Gasteiger partial charge in [-0.05, 0) is 38.0 Å². The van der Waals surface area contributed by atoms with Crippen LogP contribution >= 0.6 is 11.6 Å². The van der Waals surface area contributed by atoms with E-state index in [0.717, 1.165) is 12.8 Å². The van der Waals surface area contributed by atoms with Crippen molar-refractivity contribution in [3.63, 3.8) is 0 Å². The molecule has 1 aliphatic rings. The van der Waals surface area contributed by atoms with Crippen LogP contribution in [0.4, 0.5) is 5.69 Å². The van der Waals surface area contributed by atoms with Crippen molar-refractivity contribution in [3.8, 4) is 0 Å². The predicted molar refractivity (Wildman–Crippen MR) is 78.3 cm³/mol. The van der Waals surface area contributed by atoms with E-state index in [4.69, 9.17) is 17.3 Å². The molecule has 1 amide bonds. The monoisotopic (exact) mass is 316 g/mol. The summed E-state index contributed by atoms with van der Waals surface area (Å²) in [4.78, 5) is 13.7. The summed E-state index contributed by atoms with van der Waals surface area (Å²) in [6.07, 6.45) is 1.83. The molecule has 7 heteroatoms. The summed E-state index contributed by atoms with van der Waals surface area (Å²) in [5.74, 6) is -0.374. The molecule has 1 fully saturated rings. The maximum Gasteiger partial charge on any atom is 0.241 e. The molecule has 1 aliphatic heterocycles. The zero-order valence-electron chi connectivity index (χ0n) is 11.2. The van der Waals surface area contributed by atoms with E-state index in [1.807, 2.05) is 0 Å². The highest BCUT2D eigenvalue weighted by atomic mass is 35.5. The van der Waals surface area contributed by atoms with E-state index in [-0.39, 0.29) is 15.8 Å². The minimum absolute atomic E-state index is 0.0836. The molecule has 1 saturated heterocycles. The second kappa shape index (κ2) is 5.61. The predicted octanol–water partition coefficient (Wildman–Crippen LogP) is 1.71. The molecule has 1 heterocycles. The fourth-order valence-corrected chi connectivity index (χ4v) is 4.13. The van der Waals surface area contributed by atoms with Gasteiger partial charge in [0, 0.05) is 18.8 Å². The number of hydrogen-bond donors (Lipinski definition) is 1. The van der Waals surface area contributed by atoms with Crippen LogP contribution in [-0.4, -0.2) is 37.6 Å². The fraction of sp³-hybridized carbons (Fsp3) is 0.462. The van der Waals surface area contributed by atoms with Crippen LogP contribution in [0.5, 0.6) is 0 Å². The van der Waals surface area contributed by atoms with Gasteiger partial charge in [-0.25, -0.2) is 8.42 Å². The van der Waals surface area contributed by atoms with Gasteiger partial charge in [0.1, 0.15) is 5.25 Å². The molecule has 1 atom stereocenters. The van der Waals surface area contributed by atoms with Gasteiger partial charge in [0.05, 0.1) is 9.92 Å². The molecular weight excluding hydrogens is 300 g/mol. The number of benzene rings is 1. The van der Waals surface area contributed by atoms with E-state index in [1.54, 1.807) is 4.90 Å². The van der Waals surface area contributed by atoms with Crippen molar-refractivity contribution >= 4 is 33.0 Å². The smallest absolute Gasteiger partial charge is 0.241 e. The van der Waals surface area contributed by atoms with E-state index in [1.165, 1.54) is 25.1 Å². The lowest BCUT2D eigenvalue weighted by Crippen LogP contribution is -2.40. The van der Waals surface area contributed by atoms with Crippen LogP contribution in [-0.2, 0) is 14.6 Å². The Morgan fingerprint density at radius 2 is 1.95 bits per heavy atom. The lowest BCUT2D eigenvalue weighted by molar-refractivity contribution is -0.129. The number of anilines is 1. The summed E-state index contributed by atoms with van der Waals surface area (Å²) in [6, 6.07) is 4.25. The summed E-state index contributed by atoms with van der Waals surface area (Å²) in [6.45, 7) is 2.63. The normalized spacial score (nSPS) is 17.2. The molecule has 110 valence electrons. The van der Waals surface area contributed by atoms with E-state index in [0.29, 0.717) is 18.8 Å². The maximum absolute atomic E-state index is 12.5. The Hall–Kier alpha value is -1.27. The number of sulfone groups is 1. The standard InChI is InChI=1S/C13H17ClN2O3S/c1-9(13(17)16-6-2-3-7-16)20(18,19)12-8-10(15)4-5-11(12)14/h4-5,8-9H,2-3,6-7,15H2,1H3. The Bertz CT molecular complexity index is 625. The molecule has 20 heavy (non-hydrogen) atoms. The Kier molecular flexibility index (Phi) is 4.25. The first-order valence-electron chi connectivity index (χ1n) is 6.42. The van der Waals surface area contributed by atoms with Gasteiger partial charge in [-0.3, -0.25) is 4.79 Å². The van der Waals surface area contributed by atoms with Crippen LogP contribution in [0.15, 0.2) is 23.1 Å². The molecule has 1 aromatic rings. The number of amides is 1. The summed E-state index contributed by atoms with van der Waals surface area (Å²) < 4.78 is 25.0. The molecule has 1 unspecified atom stereocenters. The minimum Gasteiger partial charge on any atom is -0.399 e. The van der Waals surface area contributed by atoms with Gasteiger partial charge in [0.2, 0.25) is 5.91 Å². The van der Waals surface area contributed by atoms with Gasteiger partial charge in [-0.15, -0.1) is 0 Å². The molecule has 0 aliphatic carbocycles. The Balaban J connectivity index is 2.33. The van der Waals surface area contributed by atoms with Crippen LogP contribution in [0.1, 0.15) is 19.8 Å². The van der Waals surface area contributed by atoms with E-state index in [2.05, 4.69) is 0 Å².